The van der Waals surface area contributed by atoms with E-state index >= 15 is 0 Å². The van der Waals surface area contributed by atoms with E-state index in [1.165, 1.54) is 0 Å². The van der Waals surface area contributed by atoms with Crippen molar-refractivity contribution in [2.45, 2.75) is 29.9 Å². The molecule has 0 amide bonds. The highest BCUT2D eigenvalue weighted by atomic mass is 32.3. The maximum atomic E-state index is 12.9. The Morgan fingerprint density at radius 1 is 1.05 bits per heavy atom. The van der Waals surface area contributed by atoms with Crippen molar-refractivity contribution in [3.8, 4) is 0 Å². The van der Waals surface area contributed by atoms with Crippen molar-refractivity contribution < 1.29 is 16.8 Å². The second-order valence-corrected chi connectivity index (χ2v) is 11.1. The molecule has 1 unspecified atom stereocenters. The average molecular weight is 345 g/mol. The summed E-state index contributed by atoms with van der Waals surface area (Å²) in [5, 5.41) is 0. The predicted molar refractivity (Wildman–Crippen MR) is 88.1 cm³/mol. The Bertz CT molecular complexity index is 690. The van der Waals surface area contributed by atoms with Gasteiger partial charge in [-0.05, 0) is 33.0 Å². The maximum absolute atomic E-state index is 12.9. The normalized spacial score (nSPS) is 24.0. The van der Waals surface area contributed by atoms with Crippen molar-refractivity contribution >= 4 is 19.7 Å². The molecule has 5 nitrogen and oxygen atoms in total. The fraction of sp³-hybridized carbons (Fsp3) is 0.600. The molecular weight excluding hydrogens is 322 g/mol. The zero-order valence-corrected chi connectivity index (χ0v) is 14.8. The number of hydrogen-bond acceptors (Lipinski definition) is 5. The molecule has 1 aliphatic heterocycles. The summed E-state index contributed by atoms with van der Waals surface area (Å²) in [5.74, 6) is -0.164. The number of rotatable bonds is 4. The third-order valence-electron chi connectivity index (χ3n) is 4.49. The van der Waals surface area contributed by atoms with Crippen LogP contribution in [0.15, 0.2) is 30.3 Å². The van der Waals surface area contributed by atoms with Gasteiger partial charge in [-0.1, -0.05) is 30.3 Å². The van der Waals surface area contributed by atoms with Gasteiger partial charge in [-0.2, -0.15) is 0 Å². The van der Waals surface area contributed by atoms with Crippen LogP contribution in [0.4, 0.5) is 0 Å². The molecule has 0 N–H and O–H groups in total. The van der Waals surface area contributed by atoms with Crippen LogP contribution >= 0.6 is 0 Å². The molecule has 2 rings (SSSR count). The molecule has 0 aromatic heterocycles. The van der Waals surface area contributed by atoms with Crippen molar-refractivity contribution in [2.75, 3.05) is 25.6 Å². The highest BCUT2D eigenvalue weighted by molar-refractivity contribution is 8.10. The molecule has 0 bridgehead atoms. The SMILES string of the molecule is CC(CC1(c2ccccc2)S(=O)(=O)CCCS1(=O)=O)N(C)C. The van der Waals surface area contributed by atoms with Gasteiger partial charge in [-0.15, -0.1) is 0 Å². The van der Waals surface area contributed by atoms with E-state index in [4.69, 9.17) is 0 Å². The molecular formula is C15H23NO4S2. The number of hydrogen-bond donors (Lipinski definition) is 0. The van der Waals surface area contributed by atoms with Gasteiger partial charge in [0.1, 0.15) is 0 Å². The van der Waals surface area contributed by atoms with Crippen LogP contribution in [-0.4, -0.2) is 53.4 Å². The highest BCUT2D eigenvalue weighted by Crippen LogP contribution is 2.45. The van der Waals surface area contributed by atoms with Crippen molar-refractivity contribution in [1.82, 2.24) is 4.90 Å². The average Bonchev–Trinajstić information content (AvgIpc) is 2.43. The first-order valence-electron chi connectivity index (χ1n) is 7.30. The van der Waals surface area contributed by atoms with Gasteiger partial charge in [-0.3, -0.25) is 0 Å². The monoisotopic (exact) mass is 345 g/mol. The second kappa shape index (κ2) is 5.94. The Morgan fingerprint density at radius 3 is 2.00 bits per heavy atom. The van der Waals surface area contributed by atoms with Gasteiger partial charge in [-0.25, -0.2) is 16.8 Å². The minimum absolute atomic E-state index is 0.0503. The van der Waals surface area contributed by atoms with Crippen LogP contribution in [0.3, 0.4) is 0 Å². The smallest absolute Gasteiger partial charge is 0.199 e. The molecule has 1 aliphatic rings. The van der Waals surface area contributed by atoms with E-state index in [1.807, 2.05) is 25.9 Å². The molecule has 7 heteroatoms. The lowest BCUT2D eigenvalue weighted by atomic mass is 10.0. The largest absolute Gasteiger partial charge is 0.307 e. The number of sulfone groups is 2. The second-order valence-electron chi connectivity index (χ2n) is 6.13. The van der Waals surface area contributed by atoms with E-state index in [-0.39, 0.29) is 30.4 Å². The Kier molecular flexibility index (Phi) is 4.71. The molecule has 22 heavy (non-hydrogen) atoms. The van der Waals surface area contributed by atoms with E-state index < -0.39 is 23.8 Å². The lowest BCUT2D eigenvalue weighted by Gasteiger charge is -2.39. The highest BCUT2D eigenvalue weighted by Gasteiger charge is 2.58. The first-order valence-corrected chi connectivity index (χ1v) is 10.6. The Morgan fingerprint density at radius 2 is 1.55 bits per heavy atom. The first-order chi connectivity index (χ1) is 10.1. The fourth-order valence-electron chi connectivity index (χ4n) is 2.96. The van der Waals surface area contributed by atoms with Crippen LogP contribution in [0.25, 0.3) is 0 Å². The molecule has 0 spiro atoms. The van der Waals surface area contributed by atoms with Gasteiger partial charge in [0.2, 0.25) is 0 Å². The molecule has 1 saturated heterocycles. The minimum Gasteiger partial charge on any atom is -0.307 e. The first kappa shape index (κ1) is 17.4. The van der Waals surface area contributed by atoms with Gasteiger partial charge < -0.3 is 4.90 Å². The molecule has 124 valence electrons. The van der Waals surface area contributed by atoms with Gasteiger partial charge >= 0.3 is 0 Å². The van der Waals surface area contributed by atoms with Crippen LogP contribution < -0.4 is 0 Å². The predicted octanol–water partition coefficient (Wildman–Crippen LogP) is 1.41. The van der Waals surface area contributed by atoms with Crippen molar-refractivity contribution in [3.05, 3.63) is 35.9 Å². The summed E-state index contributed by atoms with van der Waals surface area (Å²) in [4.78, 5) is 1.85. The summed E-state index contributed by atoms with van der Waals surface area (Å²) in [6.07, 6.45) is 0.226. The van der Waals surface area contributed by atoms with Crippen molar-refractivity contribution in [3.63, 3.8) is 0 Å². The van der Waals surface area contributed by atoms with Gasteiger partial charge in [0.25, 0.3) is 0 Å². The lowest BCUT2D eigenvalue weighted by molar-refractivity contribution is 0.286. The Labute approximate surface area is 133 Å². The Balaban J connectivity index is 2.74. The van der Waals surface area contributed by atoms with Crippen LogP contribution in [-0.2, 0) is 23.8 Å². The molecule has 0 saturated carbocycles. The molecule has 0 radical (unpaired) electrons. The molecule has 1 aromatic rings. The third kappa shape index (κ3) is 2.70. The lowest BCUT2D eigenvalue weighted by Crippen LogP contribution is -2.52. The van der Waals surface area contributed by atoms with Gasteiger partial charge in [0.15, 0.2) is 23.8 Å². The molecule has 1 heterocycles. The quantitative estimate of drug-likeness (QED) is 0.825. The summed E-state index contributed by atoms with van der Waals surface area (Å²) in [7, 11) is -3.93. The zero-order valence-electron chi connectivity index (χ0n) is 13.2. The Hall–Kier alpha value is -0.920. The van der Waals surface area contributed by atoms with Crippen molar-refractivity contribution in [2.24, 2.45) is 0 Å². The van der Waals surface area contributed by atoms with E-state index in [0.717, 1.165) is 0 Å². The van der Waals surface area contributed by atoms with Crippen LogP contribution in [0.1, 0.15) is 25.3 Å². The maximum Gasteiger partial charge on any atom is 0.199 e. The van der Waals surface area contributed by atoms with E-state index in [2.05, 4.69) is 0 Å². The summed E-state index contributed by atoms with van der Waals surface area (Å²) in [6, 6.07) is 8.19. The molecule has 1 atom stereocenters. The molecule has 1 aromatic carbocycles. The standard InChI is InChI=1S/C15H23NO4S2/c1-13(16(2)3)12-15(14-8-5-4-6-9-14)21(17,18)10-7-11-22(15,19)20/h4-6,8-9,13H,7,10-12H2,1-3H3. The fourth-order valence-corrected chi connectivity index (χ4v) is 8.88. The van der Waals surface area contributed by atoms with E-state index in [0.29, 0.717) is 5.56 Å². The number of nitrogens with zero attached hydrogens (tertiary/aromatic N) is 1. The van der Waals surface area contributed by atoms with Crippen LogP contribution in [0.5, 0.6) is 0 Å². The van der Waals surface area contributed by atoms with Crippen LogP contribution in [0, 0.1) is 0 Å². The van der Waals surface area contributed by atoms with E-state index in [1.54, 1.807) is 30.3 Å². The van der Waals surface area contributed by atoms with Crippen molar-refractivity contribution in [1.29, 1.82) is 0 Å². The number of benzene rings is 1. The van der Waals surface area contributed by atoms with Gasteiger partial charge in [0.05, 0.1) is 11.5 Å². The molecule has 0 aliphatic carbocycles. The topological polar surface area (TPSA) is 71.5 Å². The minimum atomic E-state index is -3.79. The summed E-state index contributed by atoms with van der Waals surface area (Å²) in [6.45, 7) is 1.85. The molecule has 1 fully saturated rings. The summed E-state index contributed by atoms with van der Waals surface area (Å²) in [5.41, 5.74) is 0.364. The van der Waals surface area contributed by atoms with Gasteiger partial charge in [0, 0.05) is 12.5 Å². The summed E-state index contributed by atoms with van der Waals surface area (Å²) >= 11 is 0. The third-order valence-corrected chi connectivity index (χ3v) is 10.5. The van der Waals surface area contributed by atoms with Crippen LogP contribution in [0.2, 0.25) is 0 Å². The van der Waals surface area contributed by atoms with E-state index in [9.17, 15) is 16.8 Å². The zero-order chi connectivity index (χ0) is 16.6. The summed E-state index contributed by atoms with van der Waals surface area (Å²) < 4.78 is 49.7.